The quantitative estimate of drug-likeness (QED) is 0.850. The Morgan fingerprint density at radius 2 is 2.40 bits per heavy atom. The number of likely N-dealkylation sites (tertiary alicyclic amines) is 1. The zero-order chi connectivity index (χ0) is 10.7. The zero-order valence-corrected chi connectivity index (χ0v) is 10.2. The fourth-order valence-electron chi connectivity index (χ4n) is 2.47. The van der Waals surface area contributed by atoms with Crippen LogP contribution in [-0.2, 0) is 6.42 Å². The van der Waals surface area contributed by atoms with Crippen molar-refractivity contribution in [3.05, 3.63) is 22.4 Å². The summed E-state index contributed by atoms with van der Waals surface area (Å²) in [4.78, 5) is 3.98. The van der Waals surface area contributed by atoms with Crippen molar-refractivity contribution >= 4 is 11.3 Å². The minimum atomic E-state index is 0.378. The van der Waals surface area contributed by atoms with E-state index in [1.807, 2.05) is 11.3 Å². The van der Waals surface area contributed by atoms with Gasteiger partial charge in [-0.3, -0.25) is 0 Å². The van der Waals surface area contributed by atoms with Gasteiger partial charge in [0.1, 0.15) is 0 Å². The Bertz CT molecular complexity index is 284. The van der Waals surface area contributed by atoms with Gasteiger partial charge in [-0.2, -0.15) is 0 Å². The largest absolute Gasteiger partial charge is 0.327 e. The average molecular weight is 224 g/mol. The van der Waals surface area contributed by atoms with Crippen LogP contribution in [0.1, 0.15) is 18.2 Å². The molecule has 3 heteroatoms. The highest BCUT2D eigenvalue weighted by atomic mass is 32.1. The third kappa shape index (κ3) is 3.03. The van der Waals surface area contributed by atoms with Crippen molar-refractivity contribution in [3.63, 3.8) is 0 Å². The number of thiophene rings is 1. The lowest BCUT2D eigenvalue weighted by Crippen LogP contribution is -2.47. The molecule has 2 nitrogen and oxygen atoms in total. The summed E-state index contributed by atoms with van der Waals surface area (Å²) in [6.45, 7) is 5.66. The summed E-state index contributed by atoms with van der Waals surface area (Å²) in [5.74, 6) is 0.757. The van der Waals surface area contributed by atoms with E-state index in [4.69, 9.17) is 5.73 Å². The Balaban J connectivity index is 1.91. The number of hydrogen-bond donors (Lipinski definition) is 1. The van der Waals surface area contributed by atoms with Crippen molar-refractivity contribution in [2.45, 2.75) is 25.8 Å². The Morgan fingerprint density at radius 1 is 1.53 bits per heavy atom. The molecule has 0 amide bonds. The average Bonchev–Trinajstić information content (AvgIpc) is 2.69. The highest BCUT2D eigenvalue weighted by Gasteiger charge is 2.24. The number of piperidine rings is 1. The smallest absolute Gasteiger partial charge is 0.0171 e. The van der Waals surface area contributed by atoms with Gasteiger partial charge in [-0.25, -0.2) is 0 Å². The number of nitrogens with zero attached hydrogens (tertiary/aromatic N) is 1. The summed E-state index contributed by atoms with van der Waals surface area (Å²) in [7, 11) is 0. The fourth-order valence-corrected chi connectivity index (χ4v) is 3.29. The van der Waals surface area contributed by atoms with E-state index < -0.39 is 0 Å². The van der Waals surface area contributed by atoms with Crippen LogP contribution in [-0.4, -0.2) is 30.6 Å². The second kappa shape index (κ2) is 5.10. The highest BCUT2D eigenvalue weighted by Crippen LogP contribution is 2.22. The van der Waals surface area contributed by atoms with E-state index in [0.29, 0.717) is 6.04 Å². The molecule has 2 atom stereocenters. The summed E-state index contributed by atoms with van der Waals surface area (Å²) in [5, 5.41) is 2.16. The molecule has 1 fully saturated rings. The predicted octanol–water partition coefficient (Wildman–Crippen LogP) is 1.96. The van der Waals surface area contributed by atoms with Gasteiger partial charge in [-0.05, 0) is 36.8 Å². The summed E-state index contributed by atoms with van der Waals surface area (Å²) in [6, 6.07) is 4.75. The van der Waals surface area contributed by atoms with Gasteiger partial charge in [-0.15, -0.1) is 11.3 Å². The number of nitrogens with two attached hydrogens (primary N) is 1. The van der Waals surface area contributed by atoms with Crippen LogP contribution >= 0.6 is 11.3 Å². The molecule has 0 radical (unpaired) electrons. The molecule has 1 aromatic heterocycles. The van der Waals surface area contributed by atoms with Gasteiger partial charge in [0, 0.05) is 24.0 Å². The van der Waals surface area contributed by atoms with E-state index in [1.165, 1.54) is 24.3 Å². The molecule has 15 heavy (non-hydrogen) atoms. The van der Waals surface area contributed by atoms with Gasteiger partial charge in [0.25, 0.3) is 0 Å². The van der Waals surface area contributed by atoms with Gasteiger partial charge in [0.05, 0.1) is 0 Å². The third-order valence-corrected chi connectivity index (χ3v) is 4.06. The van der Waals surface area contributed by atoms with Crippen LogP contribution in [0.2, 0.25) is 0 Å². The lowest BCUT2D eigenvalue weighted by molar-refractivity contribution is 0.164. The highest BCUT2D eigenvalue weighted by molar-refractivity contribution is 7.09. The Morgan fingerprint density at radius 3 is 3.07 bits per heavy atom. The lowest BCUT2D eigenvalue weighted by Gasteiger charge is -2.35. The molecular weight excluding hydrogens is 204 g/mol. The summed E-state index contributed by atoms with van der Waals surface area (Å²) >= 11 is 1.87. The van der Waals surface area contributed by atoms with Crippen molar-refractivity contribution in [2.75, 3.05) is 19.6 Å². The minimum Gasteiger partial charge on any atom is -0.327 e. The molecule has 1 aromatic rings. The zero-order valence-electron chi connectivity index (χ0n) is 9.36. The molecule has 0 aliphatic carbocycles. The molecule has 0 aromatic carbocycles. The van der Waals surface area contributed by atoms with Crippen LogP contribution < -0.4 is 5.73 Å². The molecule has 1 aliphatic heterocycles. The van der Waals surface area contributed by atoms with E-state index in [-0.39, 0.29) is 0 Å². The Kier molecular flexibility index (Phi) is 3.78. The van der Waals surface area contributed by atoms with Crippen LogP contribution in [0.25, 0.3) is 0 Å². The normalized spacial score (nSPS) is 28.1. The van der Waals surface area contributed by atoms with Gasteiger partial charge in [-0.1, -0.05) is 13.0 Å². The van der Waals surface area contributed by atoms with Crippen LogP contribution in [0.3, 0.4) is 0 Å². The first-order valence-electron chi connectivity index (χ1n) is 5.78. The molecule has 84 valence electrons. The molecule has 0 saturated carbocycles. The lowest BCUT2D eigenvalue weighted by atomic mass is 9.91. The second-order valence-corrected chi connectivity index (χ2v) is 5.53. The molecule has 2 N–H and O–H groups in total. The van der Waals surface area contributed by atoms with Gasteiger partial charge >= 0.3 is 0 Å². The van der Waals surface area contributed by atoms with E-state index in [2.05, 4.69) is 29.3 Å². The topological polar surface area (TPSA) is 29.3 Å². The van der Waals surface area contributed by atoms with Gasteiger partial charge in [0.15, 0.2) is 0 Å². The van der Waals surface area contributed by atoms with Crippen molar-refractivity contribution in [2.24, 2.45) is 11.7 Å². The van der Waals surface area contributed by atoms with Crippen molar-refractivity contribution < 1.29 is 0 Å². The molecule has 2 rings (SSSR count). The number of likely N-dealkylation sites (N-methyl/N-ethyl adjacent to an activating group) is 1. The molecular formula is C12H20N2S. The number of rotatable bonds is 3. The van der Waals surface area contributed by atoms with Crippen molar-refractivity contribution in [1.29, 1.82) is 0 Å². The molecule has 1 aliphatic rings. The van der Waals surface area contributed by atoms with Crippen molar-refractivity contribution in [1.82, 2.24) is 4.90 Å². The Hall–Kier alpha value is -0.380. The SMILES string of the molecule is CCN1CC(N)CC(Cc2cccs2)C1. The predicted molar refractivity (Wildman–Crippen MR) is 66.2 cm³/mol. The second-order valence-electron chi connectivity index (χ2n) is 4.50. The van der Waals surface area contributed by atoms with E-state index in [9.17, 15) is 0 Å². The molecule has 2 heterocycles. The molecule has 2 unspecified atom stereocenters. The molecule has 0 bridgehead atoms. The monoisotopic (exact) mass is 224 g/mol. The fraction of sp³-hybridized carbons (Fsp3) is 0.667. The van der Waals surface area contributed by atoms with E-state index in [1.54, 1.807) is 0 Å². The van der Waals surface area contributed by atoms with Crippen molar-refractivity contribution in [3.8, 4) is 0 Å². The first-order chi connectivity index (χ1) is 7.28. The maximum Gasteiger partial charge on any atom is 0.0171 e. The standard InChI is InChI=1S/C12H20N2S/c1-2-14-8-10(6-11(13)9-14)7-12-4-3-5-15-12/h3-5,10-11H,2,6-9,13H2,1H3. The minimum absolute atomic E-state index is 0.378. The summed E-state index contributed by atoms with van der Waals surface area (Å²) in [6.07, 6.45) is 2.40. The van der Waals surface area contributed by atoms with Crippen LogP contribution in [0.4, 0.5) is 0 Å². The Labute approximate surface area is 96.1 Å². The first-order valence-corrected chi connectivity index (χ1v) is 6.66. The van der Waals surface area contributed by atoms with Crippen LogP contribution in [0.15, 0.2) is 17.5 Å². The van der Waals surface area contributed by atoms with Gasteiger partial charge in [0.2, 0.25) is 0 Å². The molecule has 0 spiro atoms. The van der Waals surface area contributed by atoms with Crippen LogP contribution in [0, 0.1) is 5.92 Å². The van der Waals surface area contributed by atoms with E-state index in [0.717, 1.165) is 19.0 Å². The van der Waals surface area contributed by atoms with E-state index >= 15 is 0 Å². The summed E-state index contributed by atoms with van der Waals surface area (Å²) < 4.78 is 0. The first kappa shape index (κ1) is 11.1. The third-order valence-electron chi connectivity index (χ3n) is 3.16. The van der Waals surface area contributed by atoms with Gasteiger partial charge < -0.3 is 10.6 Å². The van der Waals surface area contributed by atoms with Crippen LogP contribution in [0.5, 0.6) is 0 Å². The molecule has 1 saturated heterocycles. The maximum absolute atomic E-state index is 6.08. The maximum atomic E-state index is 6.08. The summed E-state index contributed by atoms with van der Waals surface area (Å²) in [5.41, 5.74) is 6.08. The number of hydrogen-bond acceptors (Lipinski definition) is 3.